The summed E-state index contributed by atoms with van der Waals surface area (Å²) in [4.78, 5) is 0.375. The number of sulfone groups is 1. The van der Waals surface area contributed by atoms with Gasteiger partial charge in [0, 0.05) is 5.41 Å². The first kappa shape index (κ1) is 8.26. The SMILES string of the molecule is O=S1(=O)C=CC=Cc2ccccc21. The van der Waals surface area contributed by atoms with E-state index < -0.39 is 9.84 Å². The first-order valence-corrected chi connectivity index (χ1v) is 5.44. The zero-order valence-electron chi connectivity index (χ0n) is 6.84. The Balaban J connectivity index is 2.79. The van der Waals surface area contributed by atoms with E-state index in [1.807, 2.05) is 6.07 Å². The minimum absolute atomic E-state index is 0.375. The average Bonchev–Trinajstić information content (AvgIpc) is 2.26. The Morgan fingerprint density at radius 3 is 2.62 bits per heavy atom. The van der Waals surface area contributed by atoms with Crippen LogP contribution in [-0.4, -0.2) is 8.42 Å². The highest BCUT2D eigenvalue weighted by Gasteiger charge is 2.14. The standard InChI is InChI=1S/C10H8O2S/c11-13(12)8-4-3-6-9-5-1-2-7-10(9)13/h1-8H. The Morgan fingerprint density at radius 2 is 1.77 bits per heavy atom. The molecule has 1 aromatic rings. The van der Waals surface area contributed by atoms with E-state index in [2.05, 4.69) is 0 Å². The van der Waals surface area contributed by atoms with Crippen molar-refractivity contribution < 1.29 is 8.42 Å². The molecule has 13 heavy (non-hydrogen) atoms. The van der Waals surface area contributed by atoms with Gasteiger partial charge in [-0.3, -0.25) is 0 Å². The molecule has 2 nitrogen and oxygen atoms in total. The summed E-state index contributed by atoms with van der Waals surface area (Å²) in [6.07, 6.45) is 5.05. The van der Waals surface area contributed by atoms with Crippen LogP contribution < -0.4 is 0 Å². The van der Waals surface area contributed by atoms with Crippen molar-refractivity contribution in [3.8, 4) is 0 Å². The van der Waals surface area contributed by atoms with Crippen LogP contribution in [0.3, 0.4) is 0 Å². The number of benzene rings is 1. The summed E-state index contributed by atoms with van der Waals surface area (Å²) in [6.45, 7) is 0. The smallest absolute Gasteiger partial charge is 0.200 e. The lowest BCUT2D eigenvalue weighted by atomic mass is 10.2. The molecule has 0 amide bonds. The maximum absolute atomic E-state index is 11.6. The van der Waals surface area contributed by atoms with Gasteiger partial charge in [-0.25, -0.2) is 8.42 Å². The Labute approximate surface area is 77.1 Å². The van der Waals surface area contributed by atoms with Crippen molar-refractivity contribution in [2.75, 3.05) is 0 Å². The number of allylic oxidation sites excluding steroid dienone is 2. The molecule has 0 atom stereocenters. The zero-order chi connectivity index (χ0) is 9.31. The Bertz CT molecular complexity index is 481. The van der Waals surface area contributed by atoms with Crippen molar-refractivity contribution in [2.24, 2.45) is 0 Å². The van der Waals surface area contributed by atoms with Crippen LogP contribution in [0.4, 0.5) is 0 Å². The monoisotopic (exact) mass is 192 g/mol. The van der Waals surface area contributed by atoms with Gasteiger partial charge in [0.1, 0.15) is 0 Å². The third-order valence-corrected chi connectivity index (χ3v) is 3.37. The zero-order valence-corrected chi connectivity index (χ0v) is 7.66. The predicted molar refractivity (Wildman–Crippen MR) is 51.8 cm³/mol. The van der Waals surface area contributed by atoms with E-state index in [0.29, 0.717) is 4.90 Å². The fourth-order valence-electron chi connectivity index (χ4n) is 1.26. The largest absolute Gasteiger partial charge is 0.219 e. The molecule has 3 heteroatoms. The van der Waals surface area contributed by atoms with Gasteiger partial charge >= 0.3 is 0 Å². The van der Waals surface area contributed by atoms with Crippen molar-refractivity contribution in [3.63, 3.8) is 0 Å². The third-order valence-electron chi connectivity index (χ3n) is 1.87. The summed E-state index contributed by atoms with van der Waals surface area (Å²) in [6, 6.07) is 6.95. The number of hydrogen-bond acceptors (Lipinski definition) is 2. The van der Waals surface area contributed by atoms with Crippen molar-refractivity contribution in [3.05, 3.63) is 47.4 Å². The van der Waals surface area contributed by atoms with Crippen LogP contribution in [0.5, 0.6) is 0 Å². The van der Waals surface area contributed by atoms with Crippen molar-refractivity contribution in [1.82, 2.24) is 0 Å². The van der Waals surface area contributed by atoms with Gasteiger partial charge in [0.25, 0.3) is 0 Å². The summed E-state index contributed by atoms with van der Waals surface area (Å²) < 4.78 is 23.1. The van der Waals surface area contributed by atoms with Crippen molar-refractivity contribution in [1.29, 1.82) is 0 Å². The van der Waals surface area contributed by atoms with E-state index in [0.717, 1.165) is 5.56 Å². The van der Waals surface area contributed by atoms with Gasteiger partial charge in [-0.05, 0) is 11.6 Å². The topological polar surface area (TPSA) is 34.1 Å². The second-order valence-corrected chi connectivity index (χ2v) is 4.57. The molecule has 0 saturated heterocycles. The molecule has 1 aliphatic rings. The molecule has 66 valence electrons. The molecule has 0 unspecified atom stereocenters. The van der Waals surface area contributed by atoms with Crippen LogP contribution in [0.15, 0.2) is 46.7 Å². The fourth-order valence-corrected chi connectivity index (χ4v) is 2.44. The Hall–Kier alpha value is -1.35. The maximum atomic E-state index is 11.6. The van der Waals surface area contributed by atoms with Gasteiger partial charge in [0.05, 0.1) is 4.90 Å². The summed E-state index contributed by atoms with van der Waals surface area (Å²) in [5.41, 5.74) is 0.743. The molecule has 1 heterocycles. The molecule has 0 bridgehead atoms. The quantitative estimate of drug-likeness (QED) is 0.630. The van der Waals surface area contributed by atoms with Crippen LogP contribution in [0, 0.1) is 0 Å². The highest BCUT2D eigenvalue weighted by Crippen LogP contribution is 2.21. The molecular weight excluding hydrogens is 184 g/mol. The molecular formula is C10H8O2S. The van der Waals surface area contributed by atoms with E-state index in [9.17, 15) is 8.42 Å². The lowest BCUT2D eigenvalue weighted by Gasteiger charge is -2.01. The van der Waals surface area contributed by atoms with Gasteiger partial charge in [0.15, 0.2) is 9.84 Å². The van der Waals surface area contributed by atoms with Crippen LogP contribution in [-0.2, 0) is 9.84 Å². The Morgan fingerprint density at radius 1 is 1.00 bits per heavy atom. The molecule has 0 fully saturated rings. The molecule has 0 saturated carbocycles. The van der Waals surface area contributed by atoms with E-state index >= 15 is 0 Å². The second-order valence-electron chi connectivity index (χ2n) is 2.77. The number of hydrogen-bond donors (Lipinski definition) is 0. The highest BCUT2D eigenvalue weighted by molar-refractivity contribution is 7.94. The van der Waals surface area contributed by atoms with Crippen LogP contribution in [0.2, 0.25) is 0 Å². The van der Waals surface area contributed by atoms with E-state index in [-0.39, 0.29) is 0 Å². The predicted octanol–water partition coefficient (Wildman–Crippen LogP) is 2.00. The van der Waals surface area contributed by atoms with E-state index in [1.165, 1.54) is 11.5 Å². The van der Waals surface area contributed by atoms with Gasteiger partial charge in [0.2, 0.25) is 0 Å². The minimum Gasteiger partial charge on any atom is -0.219 e. The summed E-state index contributed by atoms with van der Waals surface area (Å²) in [5.74, 6) is 0. The molecule has 2 rings (SSSR count). The minimum atomic E-state index is -3.22. The Kier molecular flexibility index (Phi) is 1.81. The molecule has 0 spiro atoms. The van der Waals surface area contributed by atoms with Gasteiger partial charge in [-0.2, -0.15) is 0 Å². The normalized spacial score (nSPS) is 17.8. The lowest BCUT2D eigenvalue weighted by Crippen LogP contribution is -1.97. The fraction of sp³-hybridized carbons (Fsp3) is 0. The van der Waals surface area contributed by atoms with Crippen LogP contribution in [0.25, 0.3) is 6.08 Å². The summed E-state index contributed by atoms with van der Waals surface area (Å²) in [5, 5.41) is 1.22. The second kappa shape index (κ2) is 2.85. The van der Waals surface area contributed by atoms with Crippen LogP contribution in [0.1, 0.15) is 5.56 Å². The van der Waals surface area contributed by atoms with Crippen molar-refractivity contribution >= 4 is 15.9 Å². The highest BCUT2D eigenvalue weighted by atomic mass is 32.2. The first-order valence-electron chi connectivity index (χ1n) is 3.89. The average molecular weight is 192 g/mol. The third kappa shape index (κ3) is 1.42. The maximum Gasteiger partial charge on any atom is 0.200 e. The summed E-state index contributed by atoms with van der Waals surface area (Å²) >= 11 is 0. The molecule has 0 aromatic heterocycles. The van der Waals surface area contributed by atoms with E-state index in [4.69, 9.17) is 0 Å². The molecule has 0 radical (unpaired) electrons. The van der Waals surface area contributed by atoms with E-state index in [1.54, 1.807) is 30.4 Å². The van der Waals surface area contributed by atoms with Crippen LogP contribution >= 0.6 is 0 Å². The number of rotatable bonds is 0. The van der Waals surface area contributed by atoms with Crippen molar-refractivity contribution in [2.45, 2.75) is 4.90 Å². The summed E-state index contributed by atoms with van der Waals surface area (Å²) in [7, 11) is -3.22. The molecule has 1 aliphatic heterocycles. The molecule has 1 aromatic carbocycles. The molecule has 0 N–H and O–H groups in total. The first-order chi connectivity index (χ1) is 6.20. The lowest BCUT2D eigenvalue weighted by molar-refractivity contribution is 0.604. The van der Waals surface area contributed by atoms with Gasteiger partial charge < -0.3 is 0 Å². The molecule has 0 aliphatic carbocycles. The van der Waals surface area contributed by atoms with Gasteiger partial charge in [-0.15, -0.1) is 0 Å². The van der Waals surface area contributed by atoms with Gasteiger partial charge in [-0.1, -0.05) is 36.4 Å². The number of fused-ring (bicyclic) bond motifs is 1.